The van der Waals surface area contributed by atoms with E-state index in [0.717, 1.165) is 35.6 Å². The topological polar surface area (TPSA) is 20.2 Å². The highest BCUT2D eigenvalue weighted by Gasteiger charge is 2.56. The van der Waals surface area contributed by atoms with Gasteiger partial charge in [0.05, 0.1) is 6.10 Å². The van der Waals surface area contributed by atoms with Gasteiger partial charge in [0, 0.05) is 10.4 Å². The maximum Gasteiger partial charge on any atom is 0.0577 e. The lowest BCUT2D eigenvalue weighted by Gasteiger charge is -2.57. The van der Waals surface area contributed by atoms with E-state index in [9.17, 15) is 5.11 Å². The Morgan fingerprint density at radius 2 is 1.81 bits per heavy atom. The van der Waals surface area contributed by atoms with Gasteiger partial charge in [-0.15, -0.1) is 0 Å². The monoisotopic (exact) mass is 306 g/mol. The van der Waals surface area contributed by atoms with Crippen molar-refractivity contribution in [1.82, 2.24) is 0 Å². The van der Waals surface area contributed by atoms with Crippen molar-refractivity contribution in [2.75, 3.05) is 0 Å². The molecule has 0 aromatic rings. The van der Waals surface area contributed by atoms with Crippen LogP contribution in [0.2, 0.25) is 0 Å². The van der Waals surface area contributed by atoms with Crippen molar-refractivity contribution in [2.24, 2.45) is 28.6 Å². The Bertz CT molecular complexity index is 522. The highest BCUT2D eigenvalue weighted by atomic mass is 35.5. The molecule has 2 fully saturated rings. The highest BCUT2D eigenvalue weighted by molar-refractivity contribution is 6.30. The summed E-state index contributed by atoms with van der Waals surface area (Å²) < 4.78 is 0. The lowest BCUT2D eigenvalue weighted by molar-refractivity contribution is -0.0275. The number of aliphatic hydroxyl groups is 1. The summed E-state index contributed by atoms with van der Waals surface area (Å²) in [6.07, 6.45) is 12.7. The predicted octanol–water partition coefficient (Wildman–Crippen LogP) is 5.04. The van der Waals surface area contributed by atoms with E-state index in [1.165, 1.54) is 32.1 Å². The molecule has 0 aliphatic heterocycles. The van der Waals surface area contributed by atoms with Gasteiger partial charge in [-0.3, -0.25) is 0 Å². The second-order valence-corrected chi connectivity index (χ2v) is 8.81. The maximum absolute atomic E-state index is 10.0. The van der Waals surface area contributed by atoms with Crippen molar-refractivity contribution < 1.29 is 5.11 Å². The van der Waals surface area contributed by atoms with Gasteiger partial charge >= 0.3 is 0 Å². The molecule has 0 amide bonds. The molecular weight excluding hydrogens is 280 g/mol. The summed E-state index contributed by atoms with van der Waals surface area (Å²) in [7, 11) is 0. The zero-order valence-corrected chi connectivity index (χ0v) is 14.0. The standard InChI is InChI=1S/C19H27ClO/c1-18-9-7-13(21)11-12(18)3-4-14-15-5-6-17(20)19(15,2)10-8-16(14)18/h3,6,13-16,21H,4-5,7-11H2,1-2H3/t13-,14?,15?,16?,18-,19-/m0/s1. The van der Waals surface area contributed by atoms with Crippen molar-refractivity contribution in [3.63, 3.8) is 0 Å². The molecule has 2 heteroatoms. The van der Waals surface area contributed by atoms with E-state index in [1.54, 1.807) is 5.57 Å². The average molecular weight is 307 g/mol. The van der Waals surface area contributed by atoms with Crippen LogP contribution in [0.25, 0.3) is 0 Å². The Morgan fingerprint density at radius 1 is 1.05 bits per heavy atom. The van der Waals surface area contributed by atoms with Crippen molar-refractivity contribution in [3.05, 3.63) is 22.8 Å². The number of hydrogen-bond acceptors (Lipinski definition) is 1. The minimum absolute atomic E-state index is 0.0997. The van der Waals surface area contributed by atoms with Gasteiger partial charge in [-0.1, -0.05) is 43.2 Å². The van der Waals surface area contributed by atoms with Crippen LogP contribution < -0.4 is 0 Å². The fourth-order valence-electron chi connectivity index (χ4n) is 6.16. The van der Waals surface area contributed by atoms with Gasteiger partial charge in [0.15, 0.2) is 0 Å². The van der Waals surface area contributed by atoms with Crippen LogP contribution in [0.1, 0.15) is 58.8 Å². The lowest BCUT2D eigenvalue weighted by Crippen LogP contribution is -2.49. The molecule has 0 spiro atoms. The van der Waals surface area contributed by atoms with Gasteiger partial charge in [-0.25, -0.2) is 0 Å². The Hall–Kier alpha value is -0.270. The first-order valence-electron chi connectivity index (χ1n) is 8.69. The summed E-state index contributed by atoms with van der Waals surface area (Å²) in [4.78, 5) is 0. The molecule has 6 atom stereocenters. The lowest BCUT2D eigenvalue weighted by atomic mass is 9.48. The minimum atomic E-state index is -0.0997. The van der Waals surface area contributed by atoms with E-state index in [4.69, 9.17) is 11.6 Å². The first kappa shape index (κ1) is 14.3. The van der Waals surface area contributed by atoms with Gasteiger partial charge in [0.25, 0.3) is 0 Å². The number of aliphatic hydroxyl groups excluding tert-OH is 1. The third-order valence-corrected chi connectivity index (χ3v) is 8.15. The van der Waals surface area contributed by atoms with Gasteiger partial charge in [-0.05, 0) is 68.1 Å². The molecule has 0 bridgehead atoms. The molecule has 4 rings (SSSR count). The Balaban J connectivity index is 1.68. The van der Waals surface area contributed by atoms with Gasteiger partial charge in [0.1, 0.15) is 0 Å². The molecule has 1 nitrogen and oxygen atoms in total. The van der Waals surface area contributed by atoms with Crippen LogP contribution in [0.5, 0.6) is 0 Å². The second kappa shape index (κ2) is 4.61. The molecule has 116 valence electrons. The summed E-state index contributed by atoms with van der Waals surface area (Å²) in [5.41, 5.74) is 2.15. The van der Waals surface area contributed by atoms with Crippen LogP contribution in [0, 0.1) is 28.6 Å². The molecule has 21 heavy (non-hydrogen) atoms. The molecule has 4 aliphatic carbocycles. The molecule has 4 aliphatic rings. The van der Waals surface area contributed by atoms with E-state index in [-0.39, 0.29) is 11.5 Å². The average Bonchev–Trinajstić information content (AvgIpc) is 2.76. The van der Waals surface area contributed by atoms with E-state index in [0.29, 0.717) is 5.41 Å². The SMILES string of the molecule is C[C@]12CC[C@H](O)CC1=CCC1C2CC[C@]2(C)C(Cl)=CCC12. The Morgan fingerprint density at radius 3 is 2.62 bits per heavy atom. The normalized spacial score (nSPS) is 52.4. The highest BCUT2D eigenvalue weighted by Crippen LogP contribution is 2.65. The fourth-order valence-corrected chi connectivity index (χ4v) is 6.48. The summed E-state index contributed by atoms with van der Waals surface area (Å²) in [5, 5.41) is 11.1. The van der Waals surface area contributed by atoms with Crippen molar-refractivity contribution in [1.29, 1.82) is 0 Å². The summed E-state index contributed by atoms with van der Waals surface area (Å²) in [5.74, 6) is 2.34. The molecule has 2 saturated carbocycles. The molecule has 0 aromatic heterocycles. The van der Waals surface area contributed by atoms with Gasteiger partial charge < -0.3 is 5.11 Å². The Labute approximate surface area is 133 Å². The summed E-state index contributed by atoms with van der Waals surface area (Å²) in [6, 6.07) is 0. The number of rotatable bonds is 0. The largest absolute Gasteiger partial charge is 0.393 e. The molecule has 1 N–H and O–H groups in total. The number of allylic oxidation sites excluding steroid dienone is 3. The second-order valence-electron chi connectivity index (χ2n) is 8.40. The van der Waals surface area contributed by atoms with E-state index < -0.39 is 0 Å². The van der Waals surface area contributed by atoms with Crippen molar-refractivity contribution >= 4 is 11.6 Å². The molecular formula is C19H27ClO. The molecule has 0 radical (unpaired) electrons. The molecule has 0 saturated heterocycles. The van der Waals surface area contributed by atoms with E-state index in [2.05, 4.69) is 26.0 Å². The summed E-state index contributed by atoms with van der Waals surface area (Å²) in [6.45, 7) is 4.88. The van der Waals surface area contributed by atoms with Crippen LogP contribution in [-0.4, -0.2) is 11.2 Å². The van der Waals surface area contributed by atoms with Gasteiger partial charge in [-0.2, -0.15) is 0 Å². The van der Waals surface area contributed by atoms with Crippen LogP contribution in [0.4, 0.5) is 0 Å². The number of hydrogen-bond donors (Lipinski definition) is 1. The van der Waals surface area contributed by atoms with Crippen molar-refractivity contribution in [2.45, 2.75) is 64.9 Å². The van der Waals surface area contributed by atoms with E-state index in [1.807, 2.05) is 0 Å². The predicted molar refractivity (Wildman–Crippen MR) is 87.0 cm³/mol. The third kappa shape index (κ3) is 1.86. The van der Waals surface area contributed by atoms with Crippen LogP contribution >= 0.6 is 11.6 Å². The minimum Gasteiger partial charge on any atom is -0.393 e. The van der Waals surface area contributed by atoms with Crippen LogP contribution in [0.15, 0.2) is 22.8 Å². The molecule has 0 heterocycles. The molecule has 3 unspecified atom stereocenters. The maximum atomic E-state index is 10.0. The quantitative estimate of drug-likeness (QED) is 0.621. The fraction of sp³-hybridized carbons (Fsp3) is 0.789. The summed E-state index contributed by atoms with van der Waals surface area (Å²) >= 11 is 6.56. The zero-order chi connectivity index (χ0) is 14.8. The smallest absolute Gasteiger partial charge is 0.0577 e. The Kier molecular flexibility index (Phi) is 3.15. The molecule has 0 aromatic carbocycles. The van der Waals surface area contributed by atoms with E-state index >= 15 is 0 Å². The van der Waals surface area contributed by atoms with Crippen LogP contribution in [0.3, 0.4) is 0 Å². The third-order valence-electron chi connectivity index (χ3n) is 7.56. The van der Waals surface area contributed by atoms with Gasteiger partial charge in [0.2, 0.25) is 0 Å². The zero-order valence-electron chi connectivity index (χ0n) is 13.2. The first-order chi connectivity index (χ1) is 9.95. The van der Waals surface area contributed by atoms with Crippen molar-refractivity contribution in [3.8, 4) is 0 Å². The number of halogens is 1. The number of fused-ring (bicyclic) bond motifs is 5. The first-order valence-corrected chi connectivity index (χ1v) is 9.06. The van der Waals surface area contributed by atoms with Crippen LogP contribution in [-0.2, 0) is 0 Å².